The smallest absolute Gasteiger partial charge is 0.251 e. The summed E-state index contributed by atoms with van der Waals surface area (Å²) in [6.07, 6.45) is 2.42. The van der Waals surface area contributed by atoms with Gasteiger partial charge in [-0.05, 0) is 31.4 Å². The number of rotatable bonds is 3. The number of halogens is 3. The van der Waals surface area contributed by atoms with Gasteiger partial charge in [0, 0.05) is 12.1 Å². The van der Waals surface area contributed by atoms with E-state index in [0.29, 0.717) is 12.1 Å². The van der Waals surface area contributed by atoms with Gasteiger partial charge in [0.1, 0.15) is 0 Å². The molecule has 0 spiro atoms. The first-order valence-electron chi connectivity index (χ1n) is 5.64. The molecule has 0 radical (unpaired) electrons. The molecular weight excluding hydrogens is 245 g/mol. The van der Waals surface area contributed by atoms with Crippen LogP contribution in [0.2, 0.25) is 0 Å². The van der Waals surface area contributed by atoms with Crippen molar-refractivity contribution in [3.8, 4) is 0 Å². The number of carbonyl (C=O) groups is 1. The Hall–Kier alpha value is -1.56. The summed E-state index contributed by atoms with van der Waals surface area (Å²) in [5.41, 5.74) is 4.82. The first-order valence-corrected chi connectivity index (χ1v) is 5.64. The normalized spacial score (nSPS) is 17.1. The summed E-state index contributed by atoms with van der Waals surface area (Å²) in [6.45, 7) is 0.269. The van der Waals surface area contributed by atoms with Crippen molar-refractivity contribution in [2.75, 3.05) is 6.54 Å². The first kappa shape index (κ1) is 12.9. The van der Waals surface area contributed by atoms with Crippen LogP contribution in [0, 0.1) is 17.5 Å². The zero-order valence-electron chi connectivity index (χ0n) is 9.60. The molecule has 0 aromatic heterocycles. The van der Waals surface area contributed by atoms with Gasteiger partial charge in [-0.15, -0.1) is 0 Å². The zero-order valence-corrected chi connectivity index (χ0v) is 9.60. The number of amides is 1. The van der Waals surface area contributed by atoms with Crippen LogP contribution in [0.4, 0.5) is 13.2 Å². The van der Waals surface area contributed by atoms with Crippen LogP contribution in [0.5, 0.6) is 0 Å². The van der Waals surface area contributed by atoms with Crippen LogP contribution in [0.25, 0.3) is 0 Å². The molecule has 2 rings (SSSR count). The fourth-order valence-corrected chi connectivity index (χ4v) is 1.98. The lowest BCUT2D eigenvalue weighted by molar-refractivity contribution is 0.0836. The molecule has 1 fully saturated rings. The SMILES string of the molecule is NCC1(NC(=O)c2cc(F)c(F)c(F)c2)CCC1. The molecule has 0 unspecified atom stereocenters. The summed E-state index contributed by atoms with van der Waals surface area (Å²) >= 11 is 0. The van der Waals surface area contributed by atoms with Crippen LogP contribution in [0.1, 0.15) is 29.6 Å². The minimum absolute atomic E-state index is 0.244. The van der Waals surface area contributed by atoms with Crippen molar-refractivity contribution in [2.45, 2.75) is 24.8 Å². The Morgan fingerprint density at radius 3 is 2.22 bits per heavy atom. The molecule has 1 aliphatic carbocycles. The predicted molar refractivity (Wildman–Crippen MR) is 59.4 cm³/mol. The molecule has 3 N–H and O–H groups in total. The van der Waals surface area contributed by atoms with Gasteiger partial charge >= 0.3 is 0 Å². The van der Waals surface area contributed by atoms with E-state index in [0.717, 1.165) is 19.3 Å². The molecule has 1 aliphatic rings. The number of nitrogens with one attached hydrogen (secondary N) is 1. The Morgan fingerprint density at radius 2 is 1.83 bits per heavy atom. The van der Waals surface area contributed by atoms with Crippen molar-refractivity contribution in [3.63, 3.8) is 0 Å². The number of benzene rings is 1. The van der Waals surface area contributed by atoms with Gasteiger partial charge in [-0.3, -0.25) is 4.79 Å². The maximum Gasteiger partial charge on any atom is 0.251 e. The molecule has 98 valence electrons. The average molecular weight is 258 g/mol. The third kappa shape index (κ3) is 2.20. The van der Waals surface area contributed by atoms with Gasteiger partial charge in [0.25, 0.3) is 5.91 Å². The Morgan fingerprint density at radius 1 is 1.28 bits per heavy atom. The van der Waals surface area contributed by atoms with E-state index in [1.807, 2.05) is 0 Å². The largest absolute Gasteiger partial charge is 0.345 e. The van der Waals surface area contributed by atoms with Crippen molar-refractivity contribution in [3.05, 3.63) is 35.1 Å². The lowest BCUT2D eigenvalue weighted by Crippen LogP contribution is -2.58. The van der Waals surface area contributed by atoms with Gasteiger partial charge in [-0.1, -0.05) is 0 Å². The van der Waals surface area contributed by atoms with E-state index in [2.05, 4.69) is 5.32 Å². The van der Waals surface area contributed by atoms with E-state index in [1.165, 1.54) is 0 Å². The molecule has 1 amide bonds. The van der Waals surface area contributed by atoms with Crippen LogP contribution in [-0.4, -0.2) is 18.0 Å². The number of carbonyl (C=O) groups excluding carboxylic acids is 1. The quantitative estimate of drug-likeness (QED) is 0.811. The van der Waals surface area contributed by atoms with Gasteiger partial charge in [-0.2, -0.15) is 0 Å². The highest BCUT2D eigenvalue weighted by molar-refractivity contribution is 5.94. The van der Waals surface area contributed by atoms with E-state index in [-0.39, 0.29) is 12.1 Å². The third-order valence-electron chi connectivity index (χ3n) is 3.33. The molecule has 0 heterocycles. The van der Waals surface area contributed by atoms with Crippen LogP contribution < -0.4 is 11.1 Å². The lowest BCUT2D eigenvalue weighted by atomic mass is 9.76. The third-order valence-corrected chi connectivity index (χ3v) is 3.33. The standard InChI is InChI=1S/C12H13F3N2O/c13-8-4-7(5-9(14)10(8)15)11(18)17-12(6-16)2-1-3-12/h4-5H,1-3,6,16H2,(H,17,18). The second-order valence-corrected chi connectivity index (χ2v) is 4.55. The first-order chi connectivity index (χ1) is 8.47. The second kappa shape index (κ2) is 4.61. The monoisotopic (exact) mass is 258 g/mol. The Labute approximate surface area is 102 Å². The van der Waals surface area contributed by atoms with Crippen molar-refractivity contribution in [2.24, 2.45) is 5.73 Å². The van der Waals surface area contributed by atoms with Crippen molar-refractivity contribution in [1.29, 1.82) is 0 Å². The molecule has 1 saturated carbocycles. The van der Waals surface area contributed by atoms with Gasteiger partial charge in [-0.25, -0.2) is 13.2 Å². The van der Waals surface area contributed by atoms with Crippen LogP contribution in [0.15, 0.2) is 12.1 Å². The molecule has 18 heavy (non-hydrogen) atoms. The molecule has 3 nitrogen and oxygen atoms in total. The molecule has 0 saturated heterocycles. The highest BCUT2D eigenvalue weighted by Gasteiger charge is 2.37. The molecule has 0 atom stereocenters. The Balaban J connectivity index is 2.19. The van der Waals surface area contributed by atoms with Crippen molar-refractivity contribution in [1.82, 2.24) is 5.32 Å². The molecule has 1 aromatic carbocycles. The highest BCUT2D eigenvalue weighted by Crippen LogP contribution is 2.31. The summed E-state index contributed by atoms with van der Waals surface area (Å²) in [5.74, 6) is -4.98. The Kier molecular flexibility index (Phi) is 3.30. The number of hydrogen-bond donors (Lipinski definition) is 2. The van der Waals surface area contributed by atoms with E-state index >= 15 is 0 Å². The van der Waals surface area contributed by atoms with Crippen molar-refractivity contribution >= 4 is 5.91 Å². The minimum atomic E-state index is -1.58. The van der Waals surface area contributed by atoms with Crippen LogP contribution >= 0.6 is 0 Å². The van der Waals surface area contributed by atoms with Gasteiger partial charge in [0.2, 0.25) is 0 Å². The fraction of sp³-hybridized carbons (Fsp3) is 0.417. The maximum absolute atomic E-state index is 13.0. The van der Waals surface area contributed by atoms with E-state index in [1.54, 1.807) is 0 Å². The average Bonchev–Trinajstić information content (AvgIpc) is 2.29. The summed E-state index contributed by atoms with van der Waals surface area (Å²) in [5, 5.41) is 2.65. The summed E-state index contributed by atoms with van der Waals surface area (Å²) in [6, 6.07) is 1.35. The molecular formula is C12H13F3N2O. The lowest BCUT2D eigenvalue weighted by Gasteiger charge is -2.41. The van der Waals surface area contributed by atoms with Crippen molar-refractivity contribution < 1.29 is 18.0 Å². The van der Waals surface area contributed by atoms with Gasteiger partial charge in [0.05, 0.1) is 5.54 Å². The molecule has 6 heteroatoms. The summed E-state index contributed by atoms with van der Waals surface area (Å²) in [4.78, 5) is 11.8. The number of hydrogen-bond acceptors (Lipinski definition) is 2. The maximum atomic E-state index is 13.0. The van der Waals surface area contributed by atoms with Crippen LogP contribution in [-0.2, 0) is 0 Å². The Bertz CT molecular complexity index is 458. The topological polar surface area (TPSA) is 55.1 Å². The highest BCUT2D eigenvalue weighted by atomic mass is 19.2. The van der Waals surface area contributed by atoms with E-state index < -0.39 is 28.9 Å². The van der Waals surface area contributed by atoms with Gasteiger partial charge in [0.15, 0.2) is 17.5 Å². The van der Waals surface area contributed by atoms with Gasteiger partial charge < -0.3 is 11.1 Å². The zero-order chi connectivity index (χ0) is 13.3. The van der Waals surface area contributed by atoms with E-state index in [9.17, 15) is 18.0 Å². The number of nitrogens with two attached hydrogens (primary N) is 1. The summed E-state index contributed by atoms with van der Waals surface area (Å²) in [7, 11) is 0. The minimum Gasteiger partial charge on any atom is -0.345 e. The molecule has 0 aliphatic heterocycles. The van der Waals surface area contributed by atoms with E-state index in [4.69, 9.17) is 5.73 Å². The summed E-state index contributed by atoms with van der Waals surface area (Å²) < 4.78 is 38.7. The predicted octanol–water partition coefficient (Wildman–Crippen LogP) is 1.72. The van der Waals surface area contributed by atoms with Crippen LogP contribution in [0.3, 0.4) is 0 Å². The fourth-order valence-electron chi connectivity index (χ4n) is 1.98. The second-order valence-electron chi connectivity index (χ2n) is 4.55. The molecule has 0 bridgehead atoms. The molecule has 1 aromatic rings.